The van der Waals surface area contributed by atoms with Crippen LogP contribution < -0.4 is 20.3 Å². The molecule has 0 saturated carbocycles. The zero-order chi connectivity index (χ0) is 20.4. The van der Waals surface area contributed by atoms with E-state index in [4.69, 9.17) is 9.47 Å². The average Bonchev–Trinajstić information content (AvgIpc) is 3.21. The number of fused-ring (bicyclic) bond motifs is 1. The van der Waals surface area contributed by atoms with E-state index >= 15 is 0 Å². The first-order valence-electron chi connectivity index (χ1n) is 8.71. The van der Waals surface area contributed by atoms with Gasteiger partial charge in [0.05, 0.1) is 12.8 Å². The molecule has 0 saturated heterocycles. The maximum atomic E-state index is 12.5. The lowest BCUT2D eigenvalue weighted by molar-refractivity contribution is 0.102. The maximum Gasteiger partial charge on any atom is 0.317 e. The van der Waals surface area contributed by atoms with Crippen molar-refractivity contribution in [3.8, 4) is 17.2 Å². The molecule has 0 aliphatic carbocycles. The topological polar surface area (TPSA) is 111 Å². The Hall–Kier alpha value is -4.14. The van der Waals surface area contributed by atoms with Crippen LogP contribution in [0.25, 0.3) is 5.78 Å². The molecule has 29 heavy (non-hydrogen) atoms. The summed E-state index contributed by atoms with van der Waals surface area (Å²) in [5.74, 6) is 1.15. The number of ether oxygens (including phenoxy) is 2. The lowest BCUT2D eigenvalue weighted by atomic mass is 10.2. The second kappa shape index (κ2) is 7.47. The molecule has 0 unspecified atom stereocenters. The Morgan fingerprint density at radius 3 is 2.69 bits per heavy atom. The van der Waals surface area contributed by atoms with Crippen molar-refractivity contribution in [1.82, 2.24) is 19.6 Å². The van der Waals surface area contributed by atoms with Crippen LogP contribution in [-0.2, 0) is 0 Å². The van der Waals surface area contributed by atoms with Gasteiger partial charge in [-0.15, -0.1) is 0 Å². The zero-order valence-electron chi connectivity index (χ0n) is 15.7. The lowest BCUT2D eigenvalue weighted by Gasteiger charge is -2.09. The number of nitrogens with one attached hydrogen (secondary N) is 2. The van der Waals surface area contributed by atoms with Crippen molar-refractivity contribution in [3.05, 3.63) is 76.5 Å². The minimum atomic E-state index is -0.389. The molecule has 1 amide bonds. The number of aromatic nitrogens is 4. The number of hydrogen-bond acceptors (Lipinski definition) is 6. The Bertz CT molecular complexity index is 1240. The number of carbonyl (C=O) groups excluding carboxylic acids is 1. The van der Waals surface area contributed by atoms with Crippen molar-refractivity contribution >= 4 is 17.4 Å². The Kier molecular flexibility index (Phi) is 4.70. The predicted octanol–water partition coefficient (Wildman–Crippen LogP) is 2.78. The molecule has 0 spiro atoms. The third-order valence-electron chi connectivity index (χ3n) is 4.22. The molecule has 9 nitrogen and oxygen atoms in total. The average molecular weight is 391 g/mol. The monoisotopic (exact) mass is 391 g/mol. The summed E-state index contributed by atoms with van der Waals surface area (Å²) in [5, 5.41) is 5.49. The summed E-state index contributed by atoms with van der Waals surface area (Å²) in [5.41, 5.74) is 1.10. The van der Waals surface area contributed by atoms with Gasteiger partial charge in [0.15, 0.2) is 0 Å². The van der Waals surface area contributed by atoms with Crippen LogP contribution >= 0.6 is 0 Å². The predicted molar refractivity (Wildman–Crippen MR) is 106 cm³/mol. The van der Waals surface area contributed by atoms with Crippen LogP contribution in [0.2, 0.25) is 0 Å². The number of aromatic amines is 1. The van der Waals surface area contributed by atoms with Gasteiger partial charge in [-0.3, -0.25) is 14.7 Å². The molecule has 2 aromatic carbocycles. The molecular weight excluding hydrogens is 374 g/mol. The Balaban J connectivity index is 1.51. The summed E-state index contributed by atoms with van der Waals surface area (Å²) in [7, 11) is 1.54. The molecule has 9 heteroatoms. The fraction of sp³-hybridized carbons (Fsp3) is 0.100. The number of aryl methyl sites for hydroxylation is 1. The summed E-state index contributed by atoms with van der Waals surface area (Å²) < 4.78 is 12.1. The van der Waals surface area contributed by atoms with Crippen molar-refractivity contribution in [2.24, 2.45) is 0 Å². The highest BCUT2D eigenvalue weighted by Gasteiger charge is 2.14. The van der Waals surface area contributed by atoms with Crippen molar-refractivity contribution in [3.63, 3.8) is 0 Å². The molecular formula is C20H17N5O4. The second-order valence-electron chi connectivity index (χ2n) is 6.17. The van der Waals surface area contributed by atoms with Crippen LogP contribution in [0.4, 0.5) is 5.69 Å². The van der Waals surface area contributed by atoms with Crippen LogP contribution in [0.1, 0.15) is 16.1 Å². The Morgan fingerprint density at radius 1 is 1.14 bits per heavy atom. The number of rotatable bonds is 5. The van der Waals surface area contributed by atoms with Crippen LogP contribution in [0, 0.1) is 6.92 Å². The van der Waals surface area contributed by atoms with Crippen LogP contribution in [-0.4, -0.2) is 32.6 Å². The van der Waals surface area contributed by atoms with Gasteiger partial charge >= 0.3 is 5.56 Å². The van der Waals surface area contributed by atoms with E-state index in [1.165, 1.54) is 10.8 Å². The number of nitrogens with zero attached hydrogens (tertiary/aromatic N) is 3. The number of hydrogen-bond donors (Lipinski definition) is 2. The van der Waals surface area contributed by atoms with Gasteiger partial charge in [0.25, 0.3) is 11.7 Å². The fourth-order valence-electron chi connectivity index (χ4n) is 2.75. The van der Waals surface area contributed by atoms with E-state index in [1.54, 1.807) is 62.6 Å². The normalized spacial score (nSPS) is 10.7. The van der Waals surface area contributed by atoms with Crippen LogP contribution in [0.15, 0.2) is 59.7 Å². The zero-order valence-corrected chi connectivity index (χ0v) is 15.7. The van der Waals surface area contributed by atoms with E-state index in [1.807, 2.05) is 0 Å². The minimum Gasteiger partial charge on any atom is -0.497 e. The van der Waals surface area contributed by atoms with Gasteiger partial charge in [0, 0.05) is 11.3 Å². The minimum absolute atomic E-state index is 0.0971. The molecule has 2 heterocycles. The SMILES string of the molecule is COc1cccc(C(=O)Nc2ccc(Oc3c(C)nc4nc[nH]n4c3=O)cc2)c1. The highest BCUT2D eigenvalue weighted by atomic mass is 16.5. The van der Waals surface area contributed by atoms with Crippen LogP contribution in [0.5, 0.6) is 17.2 Å². The summed E-state index contributed by atoms with van der Waals surface area (Å²) in [4.78, 5) is 33.1. The number of amides is 1. The molecule has 0 aliphatic rings. The van der Waals surface area contributed by atoms with Crippen molar-refractivity contribution in [2.75, 3.05) is 12.4 Å². The number of benzene rings is 2. The second-order valence-corrected chi connectivity index (χ2v) is 6.17. The lowest BCUT2D eigenvalue weighted by Crippen LogP contribution is -2.18. The molecule has 4 rings (SSSR count). The number of H-pyrrole nitrogens is 1. The first kappa shape index (κ1) is 18.2. The van der Waals surface area contributed by atoms with Gasteiger partial charge in [-0.2, -0.15) is 4.52 Å². The third kappa shape index (κ3) is 3.65. The molecule has 0 atom stereocenters. The van der Waals surface area contributed by atoms with Crippen molar-refractivity contribution < 1.29 is 14.3 Å². The number of methoxy groups -OCH3 is 1. The third-order valence-corrected chi connectivity index (χ3v) is 4.22. The summed E-state index contributed by atoms with van der Waals surface area (Å²) in [6.45, 7) is 1.67. The van der Waals surface area contributed by atoms with E-state index in [2.05, 4.69) is 20.4 Å². The van der Waals surface area contributed by atoms with E-state index in [9.17, 15) is 9.59 Å². The van der Waals surface area contributed by atoms with Crippen LogP contribution in [0.3, 0.4) is 0 Å². The summed E-state index contributed by atoms with van der Waals surface area (Å²) >= 11 is 0. The number of anilines is 1. The number of carbonyl (C=O) groups is 1. The van der Waals surface area contributed by atoms with Crippen molar-refractivity contribution in [1.29, 1.82) is 0 Å². The maximum absolute atomic E-state index is 12.5. The van der Waals surface area contributed by atoms with E-state index in [-0.39, 0.29) is 23.0 Å². The largest absolute Gasteiger partial charge is 0.497 e. The highest BCUT2D eigenvalue weighted by Crippen LogP contribution is 2.23. The van der Waals surface area contributed by atoms with E-state index in [0.29, 0.717) is 28.4 Å². The molecule has 2 N–H and O–H groups in total. The van der Waals surface area contributed by atoms with Gasteiger partial charge < -0.3 is 14.8 Å². The molecule has 2 aromatic heterocycles. The molecule has 0 aliphatic heterocycles. The Morgan fingerprint density at radius 2 is 1.93 bits per heavy atom. The van der Waals surface area contributed by atoms with E-state index < -0.39 is 0 Å². The Labute approximate surface area is 164 Å². The van der Waals surface area contributed by atoms with Gasteiger partial charge in [0.1, 0.15) is 17.8 Å². The summed E-state index contributed by atoms with van der Waals surface area (Å²) in [6.07, 6.45) is 1.38. The summed E-state index contributed by atoms with van der Waals surface area (Å²) in [6, 6.07) is 13.5. The standard InChI is InChI=1S/C20H17N5O4/c1-12-17(19(27)25-20(23-12)21-11-22-25)29-15-8-6-14(7-9-15)24-18(26)13-4-3-5-16(10-13)28-2/h3-11H,1-2H3,(H,24,26)(H,21,22,23). The first-order chi connectivity index (χ1) is 14.0. The van der Waals surface area contributed by atoms with Gasteiger partial charge in [-0.25, -0.2) is 9.97 Å². The quantitative estimate of drug-likeness (QED) is 0.541. The van der Waals surface area contributed by atoms with Gasteiger partial charge in [-0.1, -0.05) is 6.07 Å². The van der Waals surface area contributed by atoms with E-state index in [0.717, 1.165) is 0 Å². The van der Waals surface area contributed by atoms with Crippen molar-refractivity contribution in [2.45, 2.75) is 6.92 Å². The molecule has 146 valence electrons. The highest BCUT2D eigenvalue weighted by molar-refractivity contribution is 6.04. The first-order valence-corrected chi connectivity index (χ1v) is 8.71. The molecule has 4 aromatic rings. The molecule has 0 fully saturated rings. The van der Waals surface area contributed by atoms with Gasteiger partial charge in [-0.05, 0) is 49.4 Å². The fourth-order valence-corrected chi connectivity index (χ4v) is 2.75. The van der Waals surface area contributed by atoms with Gasteiger partial charge in [0.2, 0.25) is 5.75 Å². The molecule has 0 bridgehead atoms. The molecule has 0 radical (unpaired) electrons. The smallest absolute Gasteiger partial charge is 0.317 e.